The van der Waals surface area contributed by atoms with Gasteiger partial charge in [0.2, 0.25) is 0 Å². The normalized spacial score (nSPS) is 12.6. The molecule has 14 heavy (non-hydrogen) atoms. The van der Waals surface area contributed by atoms with Gasteiger partial charge >= 0.3 is 0 Å². The van der Waals surface area contributed by atoms with Crippen LogP contribution in [0.15, 0.2) is 16.6 Å². The molecule has 0 radical (unpaired) electrons. The zero-order chi connectivity index (χ0) is 10.7. The van der Waals surface area contributed by atoms with Gasteiger partial charge in [-0.3, -0.25) is 0 Å². The van der Waals surface area contributed by atoms with E-state index in [1.165, 1.54) is 13.2 Å². The predicted octanol–water partition coefficient (Wildman–Crippen LogP) is 2.26. The molecule has 2 N–H and O–H groups in total. The quantitative estimate of drug-likeness (QED) is 0.877. The van der Waals surface area contributed by atoms with Crippen LogP contribution in [0, 0.1) is 0 Å². The summed E-state index contributed by atoms with van der Waals surface area (Å²) in [5.74, 6) is 0.639. The molecule has 0 aliphatic rings. The van der Waals surface area contributed by atoms with Crippen molar-refractivity contribution in [2.45, 2.75) is 12.8 Å². The molecule has 1 atom stereocenters. The second kappa shape index (κ2) is 4.66. The monoisotopic (exact) mass is 260 g/mol. The van der Waals surface area contributed by atoms with Crippen molar-refractivity contribution in [3.05, 3.63) is 22.2 Å². The van der Waals surface area contributed by atoms with Gasteiger partial charge in [0.25, 0.3) is 0 Å². The van der Waals surface area contributed by atoms with Gasteiger partial charge in [0.1, 0.15) is 11.5 Å². The lowest BCUT2D eigenvalue weighted by atomic mass is 10.0. The maximum absolute atomic E-state index is 9.64. The molecule has 4 heteroatoms. The fourth-order valence-corrected chi connectivity index (χ4v) is 1.73. The predicted molar refractivity (Wildman–Crippen MR) is 57.9 cm³/mol. The summed E-state index contributed by atoms with van der Waals surface area (Å²) in [6.07, 6.45) is 0. The molecular formula is C10H13BrO3. The third kappa shape index (κ3) is 2.19. The number of hydrogen-bond donors (Lipinski definition) is 2. The summed E-state index contributed by atoms with van der Waals surface area (Å²) in [5.41, 5.74) is 0.708. The van der Waals surface area contributed by atoms with Gasteiger partial charge in [0.05, 0.1) is 11.6 Å². The van der Waals surface area contributed by atoms with E-state index in [4.69, 9.17) is 9.84 Å². The fraction of sp³-hybridized carbons (Fsp3) is 0.400. The van der Waals surface area contributed by atoms with Crippen molar-refractivity contribution in [1.82, 2.24) is 0 Å². The molecular weight excluding hydrogens is 248 g/mol. The van der Waals surface area contributed by atoms with Crippen LogP contribution in [-0.2, 0) is 0 Å². The van der Waals surface area contributed by atoms with Crippen molar-refractivity contribution < 1.29 is 14.9 Å². The number of halogens is 1. The van der Waals surface area contributed by atoms with Gasteiger partial charge in [-0.1, -0.05) is 6.92 Å². The number of methoxy groups -OCH3 is 1. The molecule has 1 aromatic carbocycles. The summed E-state index contributed by atoms with van der Waals surface area (Å²) < 4.78 is 5.80. The van der Waals surface area contributed by atoms with Crippen LogP contribution < -0.4 is 4.74 Å². The first-order chi connectivity index (χ1) is 6.60. The van der Waals surface area contributed by atoms with Gasteiger partial charge in [-0.2, -0.15) is 0 Å². The summed E-state index contributed by atoms with van der Waals surface area (Å²) in [6.45, 7) is 1.85. The molecule has 0 heterocycles. The number of aliphatic hydroxyl groups is 1. The number of aromatic hydroxyl groups is 1. The number of phenols is 1. The highest BCUT2D eigenvalue weighted by Crippen LogP contribution is 2.35. The molecule has 0 bridgehead atoms. The fourth-order valence-electron chi connectivity index (χ4n) is 1.21. The molecule has 1 unspecified atom stereocenters. The van der Waals surface area contributed by atoms with E-state index >= 15 is 0 Å². The molecule has 0 amide bonds. The van der Waals surface area contributed by atoms with Gasteiger partial charge in [-0.25, -0.2) is 0 Å². The molecule has 0 fully saturated rings. The largest absolute Gasteiger partial charge is 0.508 e. The van der Waals surface area contributed by atoms with Crippen molar-refractivity contribution in [3.8, 4) is 11.5 Å². The summed E-state index contributed by atoms with van der Waals surface area (Å²) in [5, 5.41) is 18.6. The van der Waals surface area contributed by atoms with E-state index < -0.39 is 0 Å². The maximum atomic E-state index is 9.64. The first-order valence-electron chi connectivity index (χ1n) is 4.27. The number of benzene rings is 1. The summed E-state index contributed by atoms with van der Waals surface area (Å²) in [7, 11) is 1.54. The highest BCUT2D eigenvalue weighted by Gasteiger charge is 2.13. The lowest BCUT2D eigenvalue weighted by molar-refractivity contribution is 0.270. The minimum absolute atomic E-state index is 0.00628. The summed E-state index contributed by atoms with van der Waals surface area (Å²) >= 11 is 3.32. The zero-order valence-corrected chi connectivity index (χ0v) is 9.71. The number of aliphatic hydroxyl groups excluding tert-OH is 1. The Morgan fingerprint density at radius 3 is 2.64 bits per heavy atom. The third-order valence-corrected chi connectivity index (χ3v) is 2.73. The smallest absolute Gasteiger partial charge is 0.136 e. The Labute approximate surface area is 91.5 Å². The van der Waals surface area contributed by atoms with Crippen LogP contribution in [0.1, 0.15) is 18.4 Å². The molecule has 0 aliphatic heterocycles. The number of ether oxygens (including phenoxy) is 1. The van der Waals surface area contributed by atoms with E-state index in [0.29, 0.717) is 11.3 Å². The number of phenolic OH excluding ortho intramolecular Hbond substituents is 1. The highest BCUT2D eigenvalue weighted by molar-refractivity contribution is 9.10. The van der Waals surface area contributed by atoms with Gasteiger partial charge in [0.15, 0.2) is 0 Å². The van der Waals surface area contributed by atoms with E-state index in [9.17, 15) is 5.11 Å². The molecule has 78 valence electrons. The molecule has 0 aliphatic carbocycles. The Kier molecular flexibility index (Phi) is 3.77. The Morgan fingerprint density at radius 1 is 1.50 bits per heavy atom. The molecule has 0 saturated heterocycles. The van der Waals surface area contributed by atoms with E-state index in [1.807, 2.05) is 6.92 Å². The Balaban J connectivity index is 3.14. The van der Waals surface area contributed by atoms with Crippen LogP contribution in [0.3, 0.4) is 0 Å². The van der Waals surface area contributed by atoms with E-state index in [1.54, 1.807) is 6.07 Å². The molecule has 0 saturated carbocycles. The van der Waals surface area contributed by atoms with Gasteiger partial charge in [-0.15, -0.1) is 0 Å². The molecule has 1 rings (SSSR count). The van der Waals surface area contributed by atoms with Crippen LogP contribution in [0.25, 0.3) is 0 Å². The Hall–Kier alpha value is -0.740. The standard InChI is InChI=1S/C10H13BrO3/c1-6(5-12)7-3-8(11)10(14-2)4-9(7)13/h3-4,6,12-13H,5H2,1-2H3. The molecule has 0 spiro atoms. The van der Waals surface area contributed by atoms with Crippen LogP contribution in [0.4, 0.5) is 0 Å². The van der Waals surface area contributed by atoms with E-state index in [-0.39, 0.29) is 18.3 Å². The number of hydrogen-bond acceptors (Lipinski definition) is 3. The van der Waals surface area contributed by atoms with Crippen LogP contribution >= 0.6 is 15.9 Å². The van der Waals surface area contributed by atoms with Crippen molar-refractivity contribution in [2.24, 2.45) is 0 Å². The second-order valence-electron chi connectivity index (χ2n) is 3.13. The highest BCUT2D eigenvalue weighted by atomic mass is 79.9. The third-order valence-electron chi connectivity index (χ3n) is 2.11. The van der Waals surface area contributed by atoms with Crippen molar-refractivity contribution in [2.75, 3.05) is 13.7 Å². The first-order valence-corrected chi connectivity index (χ1v) is 5.06. The molecule has 3 nitrogen and oxygen atoms in total. The van der Waals surface area contributed by atoms with Crippen molar-refractivity contribution in [1.29, 1.82) is 0 Å². The average Bonchev–Trinajstić information content (AvgIpc) is 2.19. The van der Waals surface area contributed by atoms with Gasteiger partial charge in [0, 0.05) is 24.2 Å². The first kappa shape index (κ1) is 11.3. The van der Waals surface area contributed by atoms with Gasteiger partial charge < -0.3 is 14.9 Å². The Bertz CT molecular complexity index is 325. The summed E-state index contributed by atoms with van der Waals surface area (Å²) in [4.78, 5) is 0. The van der Waals surface area contributed by atoms with E-state index in [0.717, 1.165) is 4.47 Å². The van der Waals surface area contributed by atoms with Crippen LogP contribution in [0.5, 0.6) is 11.5 Å². The lowest BCUT2D eigenvalue weighted by Gasteiger charge is -2.13. The second-order valence-corrected chi connectivity index (χ2v) is 3.98. The lowest BCUT2D eigenvalue weighted by Crippen LogP contribution is -1.99. The van der Waals surface area contributed by atoms with Crippen LogP contribution in [-0.4, -0.2) is 23.9 Å². The summed E-state index contributed by atoms with van der Waals surface area (Å²) in [6, 6.07) is 3.29. The van der Waals surface area contributed by atoms with Crippen molar-refractivity contribution >= 4 is 15.9 Å². The van der Waals surface area contributed by atoms with E-state index in [2.05, 4.69) is 15.9 Å². The van der Waals surface area contributed by atoms with Gasteiger partial charge in [-0.05, 0) is 22.0 Å². The molecule has 0 aromatic heterocycles. The minimum atomic E-state index is -0.0859. The van der Waals surface area contributed by atoms with Crippen LogP contribution in [0.2, 0.25) is 0 Å². The van der Waals surface area contributed by atoms with Crippen molar-refractivity contribution in [3.63, 3.8) is 0 Å². The Morgan fingerprint density at radius 2 is 2.14 bits per heavy atom. The average molecular weight is 261 g/mol. The minimum Gasteiger partial charge on any atom is -0.508 e. The zero-order valence-electron chi connectivity index (χ0n) is 8.12. The SMILES string of the molecule is COc1cc(O)c(C(C)CO)cc1Br. The molecule has 1 aromatic rings. The topological polar surface area (TPSA) is 49.7 Å². The maximum Gasteiger partial charge on any atom is 0.136 e. The number of rotatable bonds is 3.